The molecule has 102 valence electrons. The lowest BCUT2D eigenvalue weighted by Crippen LogP contribution is -2.61. The minimum Gasteiger partial charge on any atom is -0.480 e. The Balaban J connectivity index is 1.93. The lowest BCUT2D eigenvalue weighted by atomic mass is 9.77. The Bertz CT molecular complexity index is 471. The number of carbonyl (C=O) groups excluding carboxylic acids is 1. The molecule has 0 radical (unpaired) electrons. The number of hydrogen-bond donors (Lipinski definition) is 3. The summed E-state index contributed by atoms with van der Waals surface area (Å²) < 4.78 is 0. The lowest BCUT2D eigenvalue weighted by Gasteiger charge is -2.38. The van der Waals surface area contributed by atoms with E-state index in [2.05, 4.69) is 15.6 Å². The van der Waals surface area contributed by atoms with Crippen molar-refractivity contribution in [2.45, 2.75) is 37.8 Å². The van der Waals surface area contributed by atoms with E-state index in [0.29, 0.717) is 12.8 Å². The number of carbonyl (C=O) groups is 2. The quantitative estimate of drug-likeness (QED) is 0.766. The van der Waals surface area contributed by atoms with E-state index in [4.69, 9.17) is 5.11 Å². The zero-order valence-electron chi connectivity index (χ0n) is 10.7. The fraction of sp³-hybridized carbons (Fsp3) is 0.462. The summed E-state index contributed by atoms with van der Waals surface area (Å²) in [4.78, 5) is 26.9. The average molecular weight is 263 g/mol. The van der Waals surface area contributed by atoms with Gasteiger partial charge in [0.15, 0.2) is 0 Å². The van der Waals surface area contributed by atoms with Crippen LogP contribution < -0.4 is 10.6 Å². The van der Waals surface area contributed by atoms with Crippen LogP contribution in [0.1, 0.15) is 37.8 Å². The number of pyridine rings is 1. The van der Waals surface area contributed by atoms with Gasteiger partial charge in [-0.1, -0.05) is 0 Å². The van der Waals surface area contributed by atoms with Crippen molar-refractivity contribution < 1.29 is 14.7 Å². The molecule has 1 saturated carbocycles. The molecule has 3 N–H and O–H groups in total. The Kier molecular flexibility index (Phi) is 3.69. The first-order valence-corrected chi connectivity index (χ1v) is 6.25. The van der Waals surface area contributed by atoms with E-state index >= 15 is 0 Å². The van der Waals surface area contributed by atoms with Crippen LogP contribution in [0.2, 0.25) is 0 Å². The summed E-state index contributed by atoms with van der Waals surface area (Å²) in [5.41, 5.74) is -0.162. The van der Waals surface area contributed by atoms with E-state index in [1.165, 1.54) is 0 Å². The maximum Gasteiger partial charge on any atom is 0.329 e. The number of aliphatic carboxylic acids is 1. The highest BCUT2D eigenvalue weighted by atomic mass is 16.4. The SMILES string of the molecule is CC(NC(=O)NC1(C(=O)O)CCC1)c1ccncc1. The summed E-state index contributed by atoms with van der Waals surface area (Å²) in [5, 5.41) is 14.4. The first-order valence-electron chi connectivity index (χ1n) is 6.25. The molecule has 1 aromatic heterocycles. The Morgan fingerprint density at radius 1 is 1.37 bits per heavy atom. The van der Waals surface area contributed by atoms with E-state index in [-0.39, 0.29) is 6.04 Å². The van der Waals surface area contributed by atoms with Crippen molar-refractivity contribution in [1.82, 2.24) is 15.6 Å². The minimum atomic E-state index is -1.08. The van der Waals surface area contributed by atoms with Gasteiger partial charge >= 0.3 is 12.0 Å². The third-order valence-electron chi connectivity index (χ3n) is 3.52. The molecule has 0 bridgehead atoms. The van der Waals surface area contributed by atoms with Crippen LogP contribution in [0.5, 0.6) is 0 Å². The van der Waals surface area contributed by atoms with Gasteiger partial charge in [0.1, 0.15) is 5.54 Å². The zero-order valence-corrected chi connectivity index (χ0v) is 10.7. The van der Waals surface area contributed by atoms with Crippen LogP contribution in [0.3, 0.4) is 0 Å². The Labute approximate surface area is 111 Å². The molecule has 1 unspecified atom stereocenters. The Morgan fingerprint density at radius 2 is 2.00 bits per heavy atom. The lowest BCUT2D eigenvalue weighted by molar-refractivity contribution is -0.148. The third kappa shape index (κ3) is 2.83. The minimum absolute atomic E-state index is 0.200. The van der Waals surface area contributed by atoms with Crippen LogP contribution in [0, 0.1) is 0 Å². The van der Waals surface area contributed by atoms with Gasteiger partial charge in [-0.05, 0) is 43.9 Å². The van der Waals surface area contributed by atoms with Crippen LogP contribution in [0.4, 0.5) is 4.79 Å². The van der Waals surface area contributed by atoms with Gasteiger partial charge in [0.25, 0.3) is 0 Å². The second kappa shape index (κ2) is 5.26. The number of nitrogens with zero attached hydrogens (tertiary/aromatic N) is 1. The normalized spacial score (nSPS) is 17.9. The van der Waals surface area contributed by atoms with Gasteiger partial charge in [0, 0.05) is 12.4 Å². The predicted octanol–water partition coefficient (Wildman–Crippen LogP) is 1.45. The smallest absolute Gasteiger partial charge is 0.329 e. The molecule has 1 heterocycles. The van der Waals surface area contributed by atoms with E-state index in [9.17, 15) is 9.59 Å². The fourth-order valence-electron chi connectivity index (χ4n) is 2.11. The number of carboxylic acids is 1. The van der Waals surface area contributed by atoms with Crippen LogP contribution in [-0.4, -0.2) is 27.6 Å². The highest BCUT2D eigenvalue weighted by molar-refractivity contribution is 5.87. The van der Waals surface area contributed by atoms with Crippen LogP contribution in [0.15, 0.2) is 24.5 Å². The summed E-state index contributed by atoms with van der Waals surface area (Å²) in [7, 11) is 0. The molecule has 1 aromatic rings. The topological polar surface area (TPSA) is 91.3 Å². The van der Waals surface area contributed by atoms with Crippen LogP contribution in [-0.2, 0) is 4.79 Å². The summed E-state index contributed by atoms with van der Waals surface area (Å²) in [5.74, 6) is -0.967. The molecule has 1 fully saturated rings. The maximum absolute atomic E-state index is 11.8. The highest BCUT2D eigenvalue weighted by Gasteiger charge is 2.45. The molecule has 1 aliphatic rings. The first kappa shape index (κ1) is 13.3. The first-order chi connectivity index (χ1) is 9.03. The van der Waals surface area contributed by atoms with Gasteiger partial charge in [0.05, 0.1) is 6.04 Å². The van der Waals surface area contributed by atoms with Gasteiger partial charge < -0.3 is 15.7 Å². The Hall–Kier alpha value is -2.11. The maximum atomic E-state index is 11.8. The second-order valence-corrected chi connectivity index (χ2v) is 4.84. The number of hydrogen-bond acceptors (Lipinski definition) is 3. The van der Waals surface area contributed by atoms with E-state index in [1.54, 1.807) is 24.5 Å². The van der Waals surface area contributed by atoms with Crippen LogP contribution >= 0.6 is 0 Å². The molecular formula is C13H17N3O3. The van der Waals surface area contributed by atoms with E-state index in [1.807, 2.05) is 6.92 Å². The average Bonchev–Trinajstić information content (AvgIpc) is 2.34. The summed E-state index contributed by atoms with van der Waals surface area (Å²) in [6.07, 6.45) is 5.09. The van der Waals surface area contributed by atoms with E-state index in [0.717, 1.165) is 12.0 Å². The molecular weight excluding hydrogens is 246 g/mol. The van der Waals surface area contributed by atoms with E-state index < -0.39 is 17.5 Å². The standard InChI is InChI=1S/C13H17N3O3/c1-9(10-3-7-14-8-4-10)15-12(19)16-13(11(17)18)5-2-6-13/h3-4,7-9H,2,5-6H2,1H3,(H,17,18)(H2,15,16,19). The molecule has 0 aliphatic heterocycles. The van der Waals surface area contributed by atoms with Gasteiger partial charge in [-0.15, -0.1) is 0 Å². The molecule has 2 amide bonds. The van der Waals surface area contributed by atoms with Crippen molar-refractivity contribution in [3.8, 4) is 0 Å². The molecule has 0 spiro atoms. The number of urea groups is 1. The van der Waals surface area contributed by atoms with Crippen molar-refractivity contribution in [1.29, 1.82) is 0 Å². The summed E-state index contributed by atoms with van der Waals surface area (Å²) in [6, 6.07) is 2.96. The van der Waals surface area contributed by atoms with Crippen molar-refractivity contribution >= 4 is 12.0 Å². The molecule has 6 nitrogen and oxygen atoms in total. The summed E-state index contributed by atoms with van der Waals surface area (Å²) >= 11 is 0. The van der Waals surface area contributed by atoms with Crippen LogP contribution in [0.25, 0.3) is 0 Å². The molecule has 1 atom stereocenters. The zero-order chi connectivity index (χ0) is 13.9. The number of amides is 2. The van der Waals surface area contributed by atoms with Gasteiger partial charge in [-0.3, -0.25) is 4.98 Å². The van der Waals surface area contributed by atoms with Crippen molar-refractivity contribution in [3.05, 3.63) is 30.1 Å². The largest absolute Gasteiger partial charge is 0.480 e. The third-order valence-corrected chi connectivity index (χ3v) is 3.52. The van der Waals surface area contributed by atoms with Gasteiger partial charge in [0.2, 0.25) is 0 Å². The van der Waals surface area contributed by atoms with Crippen molar-refractivity contribution in [3.63, 3.8) is 0 Å². The molecule has 1 aliphatic carbocycles. The number of nitrogens with one attached hydrogen (secondary N) is 2. The van der Waals surface area contributed by atoms with Gasteiger partial charge in [-0.2, -0.15) is 0 Å². The molecule has 0 saturated heterocycles. The second-order valence-electron chi connectivity index (χ2n) is 4.84. The molecule has 6 heteroatoms. The monoisotopic (exact) mass is 263 g/mol. The Morgan fingerprint density at radius 3 is 2.47 bits per heavy atom. The van der Waals surface area contributed by atoms with Crippen molar-refractivity contribution in [2.75, 3.05) is 0 Å². The number of carboxylic acid groups (broad SMARTS) is 1. The fourth-order valence-corrected chi connectivity index (χ4v) is 2.11. The number of rotatable bonds is 4. The molecule has 0 aromatic carbocycles. The van der Waals surface area contributed by atoms with Crippen molar-refractivity contribution in [2.24, 2.45) is 0 Å². The number of aromatic nitrogens is 1. The van der Waals surface area contributed by atoms with Gasteiger partial charge in [-0.25, -0.2) is 9.59 Å². The highest BCUT2D eigenvalue weighted by Crippen LogP contribution is 2.32. The molecule has 19 heavy (non-hydrogen) atoms. The predicted molar refractivity (Wildman–Crippen MR) is 68.5 cm³/mol. The summed E-state index contributed by atoms with van der Waals surface area (Å²) in [6.45, 7) is 1.84. The molecule has 2 rings (SSSR count).